The highest BCUT2D eigenvalue weighted by Crippen LogP contribution is 2.29. The quantitative estimate of drug-likeness (QED) is 0.669. The van der Waals surface area contributed by atoms with Gasteiger partial charge in [-0.25, -0.2) is 8.42 Å². The van der Waals surface area contributed by atoms with Crippen LogP contribution in [0.25, 0.3) is 0 Å². The summed E-state index contributed by atoms with van der Waals surface area (Å²) in [5, 5.41) is 16.0. The molecule has 3 N–H and O–H groups in total. The Morgan fingerprint density at radius 2 is 1.86 bits per heavy atom. The Morgan fingerprint density at radius 1 is 1.27 bits per heavy atom. The van der Waals surface area contributed by atoms with Crippen molar-refractivity contribution in [2.45, 2.75) is 55.8 Å². The maximum atomic E-state index is 12.5. The number of nitrogens with one attached hydrogen (secondary N) is 2. The molecule has 1 saturated heterocycles. The molecule has 0 aromatic rings. The average molecular weight is 332 g/mol. The summed E-state index contributed by atoms with van der Waals surface area (Å²) >= 11 is 0. The zero-order valence-electron chi connectivity index (χ0n) is 13.3. The molecule has 1 aliphatic heterocycles. The summed E-state index contributed by atoms with van der Waals surface area (Å²) in [4.78, 5) is 12.5. The Balaban J connectivity index is 1.96. The third kappa shape index (κ3) is 3.81. The number of amides is 1. The number of aliphatic hydroxyl groups is 1. The van der Waals surface area contributed by atoms with Crippen LogP contribution in [0.2, 0.25) is 0 Å². The smallest absolute Gasteiger partial charge is 0.241 e. The molecule has 2 rings (SSSR count). The van der Waals surface area contributed by atoms with Gasteiger partial charge in [0.1, 0.15) is 0 Å². The molecule has 22 heavy (non-hydrogen) atoms. The lowest BCUT2D eigenvalue weighted by atomic mass is 9.85. The molecule has 0 bridgehead atoms. The van der Waals surface area contributed by atoms with E-state index < -0.39 is 26.6 Å². The molecule has 1 saturated carbocycles. The maximum absolute atomic E-state index is 12.5. The van der Waals surface area contributed by atoms with Crippen molar-refractivity contribution in [2.24, 2.45) is 5.92 Å². The minimum atomic E-state index is -3.49. The highest BCUT2D eigenvalue weighted by molar-refractivity contribution is 7.92. The van der Waals surface area contributed by atoms with E-state index in [-0.39, 0.29) is 25.3 Å². The number of carbonyl (C=O) groups excluding carboxylic acids is 1. The van der Waals surface area contributed by atoms with E-state index in [1.165, 1.54) is 6.42 Å². The molecule has 1 amide bonds. The summed E-state index contributed by atoms with van der Waals surface area (Å²) in [5.74, 6) is -0.234. The van der Waals surface area contributed by atoms with Gasteiger partial charge < -0.3 is 15.7 Å². The minimum absolute atomic E-state index is 0.147. The van der Waals surface area contributed by atoms with Crippen LogP contribution in [-0.4, -0.2) is 56.2 Å². The van der Waals surface area contributed by atoms with Crippen molar-refractivity contribution in [3.05, 3.63) is 0 Å². The van der Waals surface area contributed by atoms with Gasteiger partial charge in [0.2, 0.25) is 5.91 Å². The monoisotopic (exact) mass is 332 g/mol. The molecule has 0 aromatic carbocycles. The van der Waals surface area contributed by atoms with Gasteiger partial charge in [0.25, 0.3) is 0 Å². The molecule has 128 valence electrons. The second kappa shape index (κ2) is 7.27. The number of carbonyl (C=O) groups is 1. The number of piperidine rings is 1. The maximum Gasteiger partial charge on any atom is 0.241 e. The van der Waals surface area contributed by atoms with Crippen LogP contribution >= 0.6 is 0 Å². The van der Waals surface area contributed by atoms with E-state index in [2.05, 4.69) is 10.6 Å². The summed E-state index contributed by atoms with van der Waals surface area (Å²) in [6.45, 7) is 1.19. The normalized spacial score (nSPS) is 24.6. The number of aliphatic hydroxyl groups excluding tert-OH is 1. The Kier molecular flexibility index (Phi) is 5.85. The van der Waals surface area contributed by atoms with Gasteiger partial charge in [-0.05, 0) is 44.7 Å². The number of hydrogen-bond acceptors (Lipinski definition) is 5. The first-order chi connectivity index (χ1) is 10.4. The highest BCUT2D eigenvalue weighted by Gasteiger charge is 2.48. The molecule has 0 aromatic heterocycles. The molecule has 7 heteroatoms. The van der Waals surface area contributed by atoms with E-state index in [4.69, 9.17) is 0 Å². The predicted octanol–water partition coefficient (Wildman–Crippen LogP) is 0.211. The lowest BCUT2D eigenvalue weighted by Crippen LogP contribution is -2.58. The molecule has 6 nitrogen and oxygen atoms in total. The van der Waals surface area contributed by atoms with Gasteiger partial charge in [-0.2, -0.15) is 0 Å². The largest absolute Gasteiger partial charge is 0.391 e. The van der Waals surface area contributed by atoms with Gasteiger partial charge in [-0.1, -0.05) is 19.3 Å². The van der Waals surface area contributed by atoms with Crippen LogP contribution in [-0.2, 0) is 14.6 Å². The van der Waals surface area contributed by atoms with Crippen molar-refractivity contribution in [1.82, 2.24) is 10.6 Å². The average Bonchev–Trinajstić information content (AvgIpc) is 2.52. The van der Waals surface area contributed by atoms with E-state index in [0.29, 0.717) is 13.1 Å². The molecular weight excluding hydrogens is 304 g/mol. The van der Waals surface area contributed by atoms with Gasteiger partial charge in [0.15, 0.2) is 14.6 Å². The zero-order chi connectivity index (χ0) is 16.2. The van der Waals surface area contributed by atoms with Crippen molar-refractivity contribution in [2.75, 3.05) is 25.9 Å². The second-order valence-corrected chi connectivity index (χ2v) is 9.02. The van der Waals surface area contributed by atoms with Gasteiger partial charge in [-0.15, -0.1) is 0 Å². The second-order valence-electron chi connectivity index (χ2n) is 6.69. The summed E-state index contributed by atoms with van der Waals surface area (Å²) in [6, 6.07) is 0. The third-order valence-corrected chi connectivity index (χ3v) is 7.21. The van der Waals surface area contributed by atoms with Gasteiger partial charge in [-0.3, -0.25) is 4.79 Å². The first kappa shape index (κ1) is 17.7. The Labute approximate surface area is 133 Å². The molecule has 2 fully saturated rings. The van der Waals surface area contributed by atoms with E-state index in [0.717, 1.165) is 31.9 Å². The van der Waals surface area contributed by atoms with Crippen LogP contribution in [0, 0.1) is 5.92 Å². The lowest BCUT2D eigenvalue weighted by Gasteiger charge is -2.35. The molecule has 1 aliphatic carbocycles. The van der Waals surface area contributed by atoms with E-state index in [1.54, 1.807) is 0 Å². The van der Waals surface area contributed by atoms with E-state index >= 15 is 0 Å². The molecule has 2 aliphatic rings. The van der Waals surface area contributed by atoms with Gasteiger partial charge in [0.05, 0.1) is 6.10 Å². The Bertz CT molecular complexity index is 480. The topological polar surface area (TPSA) is 95.5 Å². The third-order valence-electron chi connectivity index (χ3n) is 5.20. The molecule has 1 atom stereocenters. The Morgan fingerprint density at radius 3 is 2.41 bits per heavy atom. The summed E-state index contributed by atoms with van der Waals surface area (Å²) < 4.78 is 22.9. The molecule has 1 unspecified atom stereocenters. The molecular formula is C15H28N2O4S. The zero-order valence-corrected chi connectivity index (χ0v) is 14.1. The van der Waals surface area contributed by atoms with Crippen LogP contribution in [0.4, 0.5) is 0 Å². The molecule has 1 heterocycles. The van der Waals surface area contributed by atoms with Crippen molar-refractivity contribution >= 4 is 15.7 Å². The first-order valence-corrected chi connectivity index (χ1v) is 10.1. The highest BCUT2D eigenvalue weighted by atomic mass is 32.2. The standard InChI is InChI=1S/C15H28N2O4S/c1-22(20,21)15(7-9-16-10-8-15)14(19)17-11-13(18)12-5-3-2-4-6-12/h12-13,16,18H,2-11H2,1H3,(H,17,19). The number of sulfone groups is 1. The minimum Gasteiger partial charge on any atom is -0.391 e. The van der Waals surface area contributed by atoms with Crippen LogP contribution in [0.5, 0.6) is 0 Å². The van der Waals surface area contributed by atoms with Crippen LogP contribution < -0.4 is 10.6 Å². The number of hydrogen-bond donors (Lipinski definition) is 3. The van der Waals surface area contributed by atoms with E-state index in [9.17, 15) is 18.3 Å². The number of rotatable bonds is 5. The molecule has 0 spiro atoms. The molecule has 0 radical (unpaired) electrons. The van der Waals surface area contributed by atoms with E-state index in [1.807, 2.05) is 0 Å². The van der Waals surface area contributed by atoms with Gasteiger partial charge >= 0.3 is 0 Å². The summed E-state index contributed by atoms with van der Waals surface area (Å²) in [7, 11) is -3.49. The fourth-order valence-corrected chi connectivity index (χ4v) is 5.00. The predicted molar refractivity (Wildman–Crippen MR) is 85.3 cm³/mol. The van der Waals surface area contributed by atoms with Crippen LogP contribution in [0.15, 0.2) is 0 Å². The summed E-state index contributed by atoms with van der Waals surface area (Å²) in [5.41, 5.74) is 0. The first-order valence-electron chi connectivity index (χ1n) is 8.23. The van der Waals surface area contributed by atoms with Crippen molar-refractivity contribution < 1.29 is 18.3 Å². The lowest BCUT2D eigenvalue weighted by molar-refractivity contribution is -0.125. The van der Waals surface area contributed by atoms with Gasteiger partial charge in [0, 0.05) is 12.8 Å². The Hall–Kier alpha value is -0.660. The summed E-state index contributed by atoms with van der Waals surface area (Å²) in [6.07, 6.45) is 6.55. The fraction of sp³-hybridized carbons (Fsp3) is 0.933. The van der Waals surface area contributed by atoms with Crippen LogP contribution in [0.3, 0.4) is 0 Å². The van der Waals surface area contributed by atoms with Crippen molar-refractivity contribution in [3.63, 3.8) is 0 Å². The van der Waals surface area contributed by atoms with Crippen LogP contribution in [0.1, 0.15) is 44.9 Å². The SMILES string of the molecule is CS(=O)(=O)C1(C(=O)NCC(O)C2CCCCC2)CCNCC1. The van der Waals surface area contributed by atoms with Crippen molar-refractivity contribution in [3.8, 4) is 0 Å². The van der Waals surface area contributed by atoms with Crippen molar-refractivity contribution in [1.29, 1.82) is 0 Å². The fourth-order valence-electron chi connectivity index (χ4n) is 3.64.